The normalized spacial score (nSPS) is 11.9. The van der Waals surface area contributed by atoms with E-state index in [-0.39, 0.29) is 0 Å². The molecule has 6 heteroatoms. The number of oxazole rings is 1. The fourth-order valence-electron chi connectivity index (χ4n) is 3.24. The first-order valence-electron chi connectivity index (χ1n) is 7.37. The Balaban J connectivity index is 2.13. The van der Waals surface area contributed by atoms with Gasteiger partial charge in [0.15, 0.2) is 0 Å². The summed E-state index contributed by atoms with van der Waals surface area (Å²) >= 11 is 0. The van der Waals surface area contributed by atoms with Crippen LogP contribution in [0.15, 0.2) is 47.7 Å². The smallest absolute Gasteiger partial charge is 0.228 e. The molecule has 0 fully saturated rings. The van der Waals surface area contributed by atoms with Crippen LogP contribution in [0, 0.1) is 13.8 Å². The standard InChI is InChI=1S/C17H13N5O/c1-10-3-4-12-15(14(10)17-19-5-6-23-17)22-9-18-7-13(22)21-8-11(2)20-16(12)21/h3-9H,1-2H3. The van der Waals surface area contributed by atoms with Gasteiger partial charge in [-0.05, 0) is 25.5 Å². The summed E-state index contributed by atoms with van der Waals surface area (Å²) in [6.07, 6.45) is 8.94. The minimum atomic E-state index is 0.607. The summed E-state index contributed by atoms with van der Waals surface area (Å²) in [6.45, 7) is 4.05. The molecule has 112 valence electrons. The molecule has 0 aliphatic carbocycles. The van der Waals surface area contributed by atoms with Gasteiger partial charge in [0.2, 0.25) is 5.89 Å². The maximum Gasteiger partial charge on any atom is 0.228 e. The lowest BCUT2D eigenvalue weighted by Gasteiger charge is -2.11. The lowest BCUT2D eigenvalue weighted by atomic mass is 10.0. The second-order valence-corrected chi connectivity index (χ2v) is 5.69. The van der Waals surface area contributed by atoms with Crippen molar-refractivity contribution in [1.29, 1.82) is 0 Å². The Labute approximate surface area is 131 Å². The largest absolute Gasteiger partial charge is 0.444 e. The van der Waals surface area contributed by atoms with Crippen molar-refractivity contribution >= 4 is 22.2 Å². The van der Waals surface area contributed by atoms with Gasteiger partial charge in [0.1, 0.15) is 23.9 Å². The summed E-state index contributed by atoms with van der Waals surface area (Å²) in [5, 5.41) is 1.04. The molecular weight excluding hydrogens is 290 g/mol. The van der Waals surface area contributed by atoms with E-state index >= 15 is 0 Å². The molecule has 0 saturated carbocycles. The number of aryl methyl sites for hydroxylation is 2. The quantitative estimate of drug-likeness (QED) is 0.476. The molecule has 0 aliphatic heterocycles. The lowest BCUT2D eigenvalue weighted by molar-refractivity contribution is 0.574. The van der Waals surface area contributed by atoms with Crippen molar-refractivity contribution in [2.75, 3.05) is 0 Å². The summed E-state index contributed by atoms with van der Waals surface area (Å²) in [5.74, 6) is 0.607. The third-order valence-electron chi connectivity index (χ3n) is 4.21. The van der Waals surface area contributed by atoms with Gasteiger partial charge in [-0.1, -0.05) is 6.07 Å². The van der Waals surface area contributed by atoms with Crippen LogP contribution in [0.2, 0.25) is 0 Å². The third kappa shape index (κ3) is 1.55. The Bertz CT molecular complexity index is 1180. The van der Waals surface area contributed by atoms with Crippen LogP contribution in [0.4, 0.5) is 0 Å². The zero-order chi connectivity index (χ0) is 15.6. The molecule has 0 unspecified atom stereocenters. The average Bonchev–Trinajstić information content (AvgIpc) is 3.26. The molecule has 0 radical (unpaired) electrons. The Morgan fingerprint density at radius 3 is 2.87 bits per heavy atom. The van der Waals surface area contributed by atoms with Gasteiger partial charge in [-0.25, -0.2) is 15.0 Å². The minimum Gasteiger partial charge on any atom is -0.444 e. The van der Waals surface area contributed by atoms with Crippen LogP contribution in [-0.2, 0) is 0 Å². The predicted octanol–water partition coefficient (Wildman–Crippen LogP) is 3.41. The fourth-order valence-corrected chi connectivity index (χ4v) is 3.24. The van der Waals surface area contributed by atoms with Gasteiger partial charge in [-0.2, -0.15) is 0 Å². The van der Waals surface area contributed by atoms with Crippen LogP contribution in [0.1, 0.15) is 11.3 Å². The van der Waals surface area contributed by atoms with Crippen LogP contribution >= 0.6 is 0 Å². The second kappa shape index (κ2) is 4.19. The van der Waals surface area contributed by atoms with E-state index in [1.807, 2.05) is 25.6 Å². The van der Waals surface area contributed by atoms with E-state index < -0.39 is 0 Å². The zero-order valence-electron chi connectivity index (χ0n) is 12.7. The molecule has 5 rings (SSSR count). The van der Waals surface area contributed by atoms with E-state index in [0.717, 1.165) is 39.0 Å². The molecule has 0 N–H and O–H groups in total. The highest BCUT2D eigenvalue weighted by Gasteiger charge is 2.18. The second-order valence-electron chi connectivity index (χ2n) is 5.69. The molecule has 0 saturated heterocycles. The topological polar surface area (TPSA) is 60.6 Å². The van der Waals surface area contributed by atoms with Crippen molar-refractivity contribution in [3.05, 3.63) is 54.6 Å². The third-order valence-corrected chi connectivity index (χ3v) is 4.21. The maximum absolute atomic E-state index is 5.58. The Kier molecular flexibility index (Phi) is 2.26. The molecule has 0 aliphatic rings. The highest BCUT2D eigenvalue weighted by atomic mass is 16.3. The highest BCUT2D eigenvalue weighted by molar-refractivity contribution is 6.02. The van der Waals surface area contributed by atoms with Crippen molar-refractivity contribution in [1.82, 2.24) is 23.8 Å². The average molecular weight is 303 g/mol. The van der Waals surface area contributed by atoms with Crippen LogP contribution < -0.4 is 0 Å². The highest BCUT2D eigenvalue weighted by Crippen LogP contribution is 2.33. The van der Waals surface area contributed by atoms with E-state index in [9.17, 15) is 0 Å². The van der Waals surface area contributed by atoms with Crippen molar-refractivity contribution in [3.8, 4) is 11.5 Å². The van der Waals surface area contributed by atoms with Gasteiger partial charge in [-0.3, -0.25) is 8.80 Å². The number of fused-ring (bicyclic) bond motifs is 6. The zero-order valence-corrected chi connectivity index (χ0v) is 12.7. The number of imidazole rings is 2. The van der Waals surface area contributed by atoms with Crippen molar-refractivity contribution in [2.24, 2.45) is 0 Å². The fraction of sp³-hybridized carbons (Fsp3) is 0.118. The summed E-state index contributed by atoms with van der Waals surface area (Å²) in [6, 6.07) is 4.17. The first kappa shape index (κ1) is 12.4. The molecule has 0 amide bonds. The molecule has 5 aromatic rings. The lowest BCUT2D eigenvalue weighted by Crippen LogP contribution is -1.99. The van der Waals surface area contributed by atoms with Crippen LogP contribution in [0.3, 0.4) is 0 Å². The number of benzene rings is 1. The van der Waals surface area contributed by atoms with E-state index in [1.165, 1.54) is 0 Å². The van der Waals surface area contributed by atoms with Gasteiger partial charge in [0.25, 0.3) is 0 Å². The van der Waals surface area contributed by atoms with Gasteiger partial charge >= 0.3 is 0 Å². The first-order chi connectivity index (χ1) is 11.2. The molecule has 0 spiro atoms. The molecule has 4 heterocycles. The number of hydrogen-bond acceptors (Lipinski definition) is 4. The first-order valence-corrected chi connectivity index (χ1v) is 7.37. The Morgan fingerprint density at radius 1 is 1.13 bits per heavy atom. The maximum atomic E-state index is 5.58. The minimum absolute atomic E-state index is 0.607. The van der Waals surface area contributed by atoms with Gasteiger partial charge in [0.05, 0.1) is 29.2 Å². The van der Waals surface area contributed by atoms with E-state index in [0.29, 0.717) is 5.89 Å². The van der Waals surface area contributed by atoms with Crippen LogP contribution in [-0.4, -0.2) is 23.8 Å². The molecule has 4 aromatic heterocycles. The van der Waals surface area contributed by atoms with Crippen molar-refractivity contribution < 1.29 is 4.42 Å². The van der Waals surface area contributed by atoms with Crippen molar-refractivity contribution in [2.45, 2.75) is 13.8 Å². The SMILES string of the molecule is Cc1cn2c(n1)c1ccc(C)c(-c3ncco3)c1n1cncc21. The Hall–Kier alpha value is -3.15. The van der Waals surface area contributed by atoms with Gasteiger partial charge in [-0.15, -0.1) is 0 Å². The Morgan fingerprint density at radius 2 is 2.04 bits per heavy atom. The van der Waals surface area contributed by atoms with E-state index in [2.05, 4.69) is 37.8 Å². The number of nitrogens with zero attached hydrogens (tertiary/aromatic N) is 5. The van der Waals surface area contributed by atoms with E-state index in [4.69, 9.17) is 9.40 Å². The van der Waals surface area contributed by atoms with Crippen LogP contribution in [0.25, 0.3) is 33.7 Å². The summed E-state index contributed by atoms with van der Waals surface area (Å²) in [4.78, 5) is 13.4. The van der Waals surface area contributed by atoms with Gasteiger partial charge in [0, 0.05) is 11.6 Å². The molecule has 6 nitrogen and oxygen atoms in total. The van der Waals surface area contributed by atoms with Gasteiger partial charge < -0.3 is 4.42 Å². The summed E-state index contributed by atoms with van der Waals surface area (Å²) in [7, 11) is 0. The number of aromatic nitrogens is 5. The monoisotopic (exact) mass is 303 g/mol. The molecule has 1 aromatic carbocycles. The molecular formula is C17H13N5O. The molecule has 0 atom stereocenters. The van der Waals surface area contributed by atoms with Crippen LogP contribution in [0.5, 0.6) is 0 Å². The predicted molar refractivity (Wildman–Crippen MR) is 86.4 cm³/mol. The summed E-state index contributed by atoms with van der Waals surface area (Å²) in [5.41, 5.74) is 5.93. The summed E-state index contributed by atoms with van der Waals surface area (Å²) < 4.78 is 9.71. The molecule has 0 bridgehead atoms. The molecule has 23 heavy (non-hydrogen) atoms. The number of rotatable bonds is 1. The van der Waals surface area contributed by atoms with E-state index in [1.54, 1.807) is 12.5 Å². The van der Waals surface area contributed by atoms with Crippen molar-refractivity contribution in [3.63, 3.8) is 0 Å². The number of hydrogen-bond donors (Lipinski definition) is 0.